The number of fused-ring (bicyclic) bond motifs is 1. The molecule has 2 aromatic rings. The molecule has 0 unspecified atom stereocenters. The number of aliphatic hydroxyl groups is 1. The summed E-state index contributed by atoms with van der Waals surface area (Å²) in [6.07, 6.45) is -0.590. The molecule has 33 heavy (non-hydrogen) atoms. The van der Waals surface area contributed by atoms with Crippen molar-refractivity contribution in [3.63, 3.8) is 0 Å². The second-order valence-corrected chi connectivity index (χ2v) is 10.2. The van der Waals surface area contributed by atoms with Crippen LogP contribution >= 0.6 is 23.2 Å². The number of carbonyl (C=O) groups is 1. The number of aliphatic hydroxyl groups excluding tert-OH is 1. The summed E-state index contributed by atoms with van der Waals surface area (Å²) in [6, 6.07) is 13.2. The first kappa shape index (κ1) is 23.9. The van der Waals surface area contributed by atoms with Gasteiger partial charge in [0.15, 0.2) is 0 Å². The fraction of sp³-hybridized carbons (Fsp3) is 0.400. The molecule has 0 radical (unpaired) electrons. The number of carboxylic acids is 1. The molecule has 2 aromatic carbocycles. The second kappa shape index (κ2) is 9.18. The number of carboxylic acid groups (broad SMARTS) is 1. The summed E-state index contributed by atoms with van der Waals surface area (Å²) in [5.74, 6) is -1.21. The summed E-state index contributed by atoms with van der Waals surface area (Å²) in [5, 5.41) is 25.5. The number of piperazine rings is 1. The monoisotopic (exact) mass is 489 g/mol. The van der Waals surface area contributed by atoms with Gasteiger partial charge in [-0.1, -0.05) is 30.1 Å². The standard InChI is InChI=1S/C25H29Cl2N3O3/c1-15-19-12-17(27)6-9-21(19)28-23(24(32)33)20(15)13-22(31)30-11-10-29(14-25(30,2)3)18-7-4-16(26)5-8-18/h4-9,12,15,22,28,31H,10-11,13-14H2,1-3H3,(H,32,33)/t15-,22+/m1/s1. The van der Waals surface area contributed by atoms with Crippen molar-refractivity contribution in [2.24, 2.45) is 0 Å². The summed E-state index contributed by atoms with van der Waals surface area (Å²) >= 11 is 12.2. The van der Waals surface area contributed by atoms with E-state index in [-0.39, 0.29) is 23.6 Å². The van der Waals surface area contributed by atoms with Gasteiger partial charge in [-0.2, -0.15) is 0 Å². The van der Waals surface area contributed by atoms with Crippen LogP contribution in [0.2, 0.25) is 10.0 Å². The van der Waals surface area contributed by atoms with Gasteiger partial charge in [0.2, 0.25) is 0 Å². The van der Waals surface area contributed by atoms with E-state index in [1.807, 2.05) is 37.3 Å². The van der Waals surface area contributed by atoms with Gasteiger partial charge in [0.25, 0.3) is 0 Å². The minimum absolute atomic E-state index is 0.133. The zero-order valence-electron chi connectivity index (χ0n) is 19.0. The molecule has 2 heterocycles. The number of hydrogen-bond donors (Lipinski definition) is 3. The third kappa shape index (κ3) is 4.85. The number of nitrogens with one attached hydrogen (secondary N) is 1. The number of rotatable bonds is 5. The fourth-order valence-corrected chi connectivity index (χ4v) is 5.30. The predicted octanol–water partition coefficient (Wildman–Crippen LogP) is 5.17. The highest BCUT2D eigenvalue weighted by molar-refractivity contribution is 6.31. The highest BCUT2D eigenvalue weighted by atomic mass is 35.5. The van der Waals surface area contributed by atoms with Crippen molar-refractivity contribution in [3.8, 4) is 0 Å². The number of anilines is 2. The van der Waals surface area contributed by atoms with E-state index < -0.39 is 12.2 Å². The van der Waals surface area contributed by atoms with Gasteiger partial charge in [0, 0.05) is 58.9 Å². The van der Waals surface area contributed by atoms with E-state index in [4.69, 9.17) is 23.2 Å². The van der Waals surface area contributed by atoms with Crippen LogP contribution in [-0.2, 0) is 4.79 Å². The van der Waals surface area contributed by atoms with Crippen LogP contribution in [0, 0.1) is 0 Å². The van der Waals surface area contributed by atoms with E-state index in [0.29, 0.717) is 22.2 Å². The minimum Gasteiger partial charge on any atom is -0.477 e. The molecule has 2 aliphatic rings. The third-order valence-electron chi connectivity index (χ3n) is 6.72. The molecule has 2 atom stereocenters. The summed E-state index contributed by atoms with van der Waals surface area (Å²) in [5.41, 5.74) is 3.24. The first-order valence-corrected chi connectivity index (χ1v) is 11.8. The van der Waals surface area contributed by atoms with Crippen molar-refractivity contribution in [2.75, 3.05) is 29.9 Å². The Morgan fingerprint density at radius 3 is 2.45 bits per heavy atom. The Kier molecular flexibility index (Phi) is 6.65. The van der Waals surface area contributed by atoms with Crippen LogP contribution in [0.4, 0.5) is 11.4 Å². The molecular weight excluding hydrogens is 461 g/mol. The van der Waals surface area contributed by atoms with Crippen molar-refractivity contribution < 1.29 is 15.0 Å². The van der Waals surface area contributed by atoms with E-state index in [2.05, 4.69) is 29.0 Å². The molecule has 1 saturated heterocycles. The van der Waals surface area contributed by atoms with Crippen molar-refractivity contribution in [3.05, 3.63) is 69.3 Å². The fourth-order valence-electron chi connectivity index (χ4n) is 4.99. The molecule has 0 bridgehead atoms. The van der Waals surface area contributed by atoms with Crippen molar-refractivity contribution in [2.45, 2.75) is 44.9 Å². The van der Waals surface area contributed by atoms with Crippen LogP contribution in [0.15, 0.2) is 53.7 Å². The number of aliphatic carboxylic acids is 1. The maximum Gasteiger partial charge on any atom is 0.352 e. The number of benzene rings is 2. The molecule has 2 aliphatic heterocycles. The highest BCUT2D eigenvalue weighted by Crippen LogP contribution is 2.41. The van der Waals surface area contributed by atoms with Gasteiger partial charge in [0.1, 0.15) is 11.9 Å². The van der Waals surface area contributed by atoms with Crippen molar-refractivity contribution in [1.82, 2.24) is 4.90 Å². The Morgan fingerprint density at radius 1 is 1.15 bits per heavy atom. The van der Waals surface area contributed by atoms with Gasteiger partial charge >= 0.3 is 5.97 Å². The second-order valence-electron chi connectivity index (χ2n) is 9.37. The number of hydrogen-bond acceptors (Lipinski definition) is 5. The van der Waals surface area contributed by atoms with Crippen LogP contribution in [0.25, 0.3) is 0 Å². The lowest BCUT2D eigenvalue weighted by atomic mass is 9.84. The molecule has 0 aromatic heterocycles. The maximum absolute atomic E-state index is 12.0. The highest BCUT2D eigenvalue weighted by Gasteiger charge is 2.39. The lowest BCUT2D eigenvalue weighted by Gasteiger charge is -2.50. The van der Waals surface area contributed by atoms with Gasteiger partial charge < -0.3 is 20.4 Å². The van der Waals surface area contributed by atoms with Gasteiger partial charge in [-0.25, -0.2) is 4.79 Å². The SMILES string of the molecule is C[C@H]1C(C[C@H](O)N2CCN(c3ccc(Cl)cc3)CC2(C)C)=C(C(=O)O)Nc2ccc(Cl)cc21. The molecule has 3 N–H and O–H groups in total. The Bertz CT molecular complexity index is 1080. The zero-order valence-corrected chi connectivity index (χ0v) is 20.5. The van der Waals surface area contributed by atoms with E-state index in [1.54, 1.807) is 12.1 Å². The largest absolute Gasteiger partial charge is 0.477 e. The van der Waals surface area contributed by atoms with Gasteiger partial charge in [-0.05, 0) is 67.4 Å². The van der Waals surface area contributed by atoms with Gasteiger partial charge in [-0.15, -0.1) is 0 Å². The first-order valence-electron chi connectivity index (χ1n) is 11.0. The average molecular weight is 490 g/mol. The van der Waals surface area contributed by atoms with Crippen molar-refractivity contribution in [1.29, 1.82) is 0 Å². The number of nitrogens with zero attached hydrogens (tertiary/aromatic N) is 2. The summed E-state index contributed by atoms with van der Waals surface area (Å²) in [6.45, 7) is 8.29. The van der Waals surface area contributed by atoms with Crippen LogP contribution in [-0.4, -0.2) is 52.5 Å². The third-order valence-corrected chi connectivity index (χ3v) is 7.20. The normalized spacial score (nSPS) is 21.4. The predicted molar refractivity (Wildman–Crippen MR) is 133 cm³/mol. The quantitative estimate of drug-likeness (QED) is 0.537. The lowest BCUT2D eigenvalue weighted by Crippen LogP contribution is -2.62. The smallest absolute Gasteiger partial charge is 0.352 e. The van der Waals surface area contributed by atoms with Crippen molar-refractivity contribution >= 4 is 40.5 Å². The van der Waals surface area contributed by atoms with Gasteiger partial charge in [0.05, 0.1) is 0 Å². The average Bonchev–Trinajstić information content (AvgIpc) is 2.75. The van der Waals surface area contributed by atoms with Crippen LogP contribution in [0.3, 0.4) is 0 Å². The van der Waals surface area contributed by atoms with E-state index in [9.17, 15) is 15.0 Å². The van der Waals surface area contributed by atoms with Gasteiger partial charge in [-0.3, -0.25) is 4.90 Å². The van der Waals surface area contributed by atoms with Crippen LogP contribution < -0.4 is 10.2 Å². The molecule has 0 saturated carbocycles. The summed E-state index contributed by atoms with van der Waals surface area (Å²) < 4.78 is 0. The topological polar surface area (TPSA) is 76.0 Å². The molecule has 1 fully saturated rings. The van der Waals surface area contributed by atoms with E-state index in [0.717, 1.165) is 30.0 Å². The Hall–Kier alpha value is -2.25. The molecule has 0 amide bonds. The molecule has 8 heteroatoms. The molecular formula is C25H29Cl2N3O3. The first-order chi connectivity index (χ1) is 15.6. The van der Waals surface area contributed by atoms with Crippen LogP contribution in [0.1, 0.15) is 38.7 Å². The molecule has 0 spiro atoms. The summed E-state index contributed by atoms with van der Waals surface area (Å²) in [7, 11) is 0. The number of halogens is 2. The molecule has 176 valence electrons. The van der Waals surface area contributed by atoms with E-state index >= 15 is 0 Å². The Balaban J connectivity index is 1.54. The summed E-state index contributed by atoms with van der Waals surface area (Å²) in [4.78, 5) is 16.4. The Morgan fingerprint density at radius 2 is 1.82 bits per heavy atom. The van der Waals surface area contributed by atoms with Crippen LogP contribution in [0.5, 0.6) is 0 Å². The van der Waals surface area contributed by atoms with E-state index in [1.165, 1.54) is 0 Å². The zero-order chi connectivity index (χ0) is 23.9. The maximum atomic E-state index is 12.0. The molecule has 0 aliphatic carbocycles. The minimum atomic E-state index is -1.03. The Labute approximate surface area is 204 Å². The molecule has 4 rings (SSSR count). The molecule has 6 nitrogen and oxygen atoms in total. The lowest BCUT2D eigenvalue weighted by molar-refractivity contribution is -0.132.